The van der Waals surface area contributed by atoms with E-state index in [0.717, 1.165) is 25.7 Å². The molecule has 0 unspecified atom stereocenters. The maximum atomic E-state index is 11.4. The van der Waals surface area contributed by atoms with Crippen molar-refractivity contribution in [1.29, 1.82) is 0 Å². The van der Waals surface area contributed by atoms with Gasteiger partial charge in [-0.2, -0.15) is 0 Å². The van der Waals surface area contributed by atoms with E-state index in [-0.39, 0.29) is 11.7 Å². The van der Waals surface area contributed by atoms with Crippen LogP contribution in [-0.4, -0.2) is 24.6 Å². The van der Waals surface area contributed by atoms with Crippen molar-refractivity contribution in [3.63, 3.8) is 0 Å². The minimum Gasteiger partial charge on any atom is -0.463 e. The van der Waals surface area contributed by atoms with Crippen molar-refractivity contribution in [3.05, 3.63) is 11.6 Å². The molecule has 0 atom stereocenters. The van der Waals surface area contributed by atoms with Crippen LogP contribution in [0.4, 0.5) is 0 Å². The standard InChI is InChI=1S/C12H18O4/c1-3-15-12(14)9(2)8-11(13)16-10-6-4-5-7-10/h8,10H,3-7H2,1-2H3/b9-8-. The molecule has 1 aliphatic rings. The normalized spacial score (nSPS) is 17.2. The van der Waals surface area contributed by atoms with Gasteiger partial charge in [0, 0.05) is 11.6 Å². The van der Waals surface area contributed by atoms with Crippen molar-refractivity contribution >= 4 is 11.9 Å². The van der Waals surface area contributed by atoms with Gasteiger partial charge in [-0.05, 0) is 39.5 Å². The van der Waals surface area contributed by atoms with Gasteiger partial charge in [0.2, 0.25) is 0 Å². The number of rotatable bonds is 4. The third kappa shape index (κ3) is 4.04. The van der Waals surface area contributed by atoms with Crippen LogP contribution >= 0.6 is 0 Å². The van der Waals surface area contributed by atoms with E-state index in [0.29, 0.717) is 6.61 Å². The summed E-state index contributed by atoms with van der Waals surface area (Å²) in [5, 5.41) is 0. The quantitative estimate of drug-likeness (QED) is 0.543. The van der Waals surface area contributed by atoms with Crippen molar-refractivity contribution in [3.8, 4) is 0 Å². The summed E-state index contributed by atoms with van der Waals surface area (Å²) >= 11 is 0. The molecule has 0 saturated heterocycles. The van der Waals surface area contributed by atoms with E-state index in [2.05, 4.69) is 0 Å². The molecule has 4 heteroatoms. The van der Waals surface area contributed by atoms with E-state index in [9.17, 15) is 9.59 Å². The molecule has 0 aliphatic heterocycles. The van der Waals surface area contributed by atoms with E-state index in [4.69, 9.17) is 9.47 Å². The number of hydrogen-bond donors (Lipinski definition) is 0. The summed E-state index contributed by atoms with van der Waals surface area (Å²) in [5.74, 6) is -0.914. The number of carbonyl (C=O) groups excluding carboxylic acids is 2. The fraction of sp³-hybridized carbons (Fsp3) is 0.667. The van der Waals surface area contributed by atoms with Crippen LogP contribution in [0.1, 0.15) is 39.5 Å². The lowest BCUT2D eigenvalue weighted by Gasteiger charge is -2.09. The fourth-order valence-corrected chi connectivity index (χ4v) is 1.69. The predicted molar refractivity (Wildman–Crippen MR) is 58.7 cm³/mol. The average Bonchev–Trinajstić information content (AvgIpc) is 2.70. The minimum absolute atomic E-state index is 0.0266. The van der Waals surface area contributed by atoms with E-state index in [1.807, 2.05) is 0 Å². The number of carbonyl (C=O) groups is 2. The van der Waals surface area contributed by atoms with Crippen molar-refractivity contribution in [1.82, 2.24) is 0 Å². The maximum Gasteiger partial charge on any atom is 0.333 e. The van der Waals surface area contributed by atoms with Gasteiger partial charge in [0.05, 0.1) is 6.61 Å². The highest BCUT2D eigenvalue weighted by molar-refractivity contribution is 5.95. The van der Waals surface area contributed by atoms with E-state index >= 15 is 0 Å². The Kier molecular flexibility index (Phi) is 5.02. The second-order valence-corrected chi connectivity index (χ2v) is 3.89. The summed E-state index contributed by atoms with van der Waals surface area (Å²) in [4.78, 5) is 22.6. The Balaban J connectivity index is 2.41. The van der Waals surface area contributed by atoms with Gasteiger partial charge in [-0.15, -0.1) is 0 Å². The van der Waals surface area contributed by atoms with Crippen LogP contribution in [0, 0.1) is 0 Å². The van der Waals surface area contributed by atoms with Crippen molar-refractivity contribution in [2.45, 2.75) is 45.6 Å². The molecule has 0 spiro atoms. The summed E-state index contributed by atoms with van der Waals surface area (Å²) in [5.41, 5.74) is 0.282. The lowest BCUT2D eigenvalue weighted by Crippen LogP contribution is -2.14. The van der Waals surface area contributed by atoms with Gasteiger partial charge in [0.15, 0.2) is 0 Å². The molecule has 0 aromatic rings. The first-order valence-corrected chi connectivity index (χ1v) is 5.69. The Bertz CT molecular complexity index is 287. The molecule has 1 aliphatic carbocycles. The number of hydrogen-bond acceptors (Lipinski definition) is 4. The first-order valence-electron chi connectivity index (χ1n) is 5.69. The van der Waals surface area contributed by atoms with Crippen LogP contribution in [0.15, 0.2) is 11.6 Å². The summed E-state index contributed by atoms with van der Waals surface area (Å²) in [6.07, 6.45) is 5.31. The first kappa shape index (κ1) is 12.7. The third-order valence-electron chi connectivity index (χ3n) is 2.52. The number of esters is 2. The fourth-order valence-electron chi connectivity index (χ4n) is 1.69. The largest absolute Gasteiger partial charge is 0.463 e. The molecule has 0 N–H and O–H groups in total. The lowest BCUT2D eigenvalue weighted by molar-refractivity contribution is -0.144. The molecule has 0 heterocycles. The molecule has 0 aromatic heterocycles. The zero-order chi connectivity index (χ0) is 12.0. The lowest BCUT2D eigenvalue weighted by atomic mass is 10.3. The van der Waals surface area contributed by atoms with Gasteiger partial charge in [-0.1, -0.05) is 0 Å². The molecule has 1 saturated carbocycles. The van der Waals surface area contributed by atoms with Crippen molar-refractivity contribution < 1.29 is 19.1 Å². The smallest absolute Gasteiger partial charge is 0.333 e. The Morgan fingerprint density at radius 2 is 1.94 bits per heavy atom. The van der Waals surface area contributed by atoms with Gasteiger partial charge in [-0.3, -0.25) is 0 Å². The van der Waals surface area contributed by atoms with Crippen molar-refractivity contribution in [2.75, 3.05) is 6.61 Å². The highest BCUT2D eigenvalue weighted by atomic mass is 16.5. The van der Waals surface area contributed by atoms with Crippen LogP contribution in [0.2, 0.25) is 0 Å². The van der Waals surface area contributed by atoms with E-state index in [1.54, 1.807) is 13.8 Å². The molecule has 90 valence electrons. The van der Waals surface area contributed by atoms with Gasteiger partial charge >= 0.3 is 11.9 Å². The van der Waals surface area contributed by atoms with Crippen LogP contribution < -0.4 is 0 Å². The maximum absolute atomic E-state index is 11.4. The second kappa shape index (κ2) is 6.30. The molecule has 0 bridgehead atoms. The summed E-state index contributed by atoms with van der Waals surface area (Å²) in [6.45, 7) is 3.58. The molecule has 0 aromatic carbocycles. The zero-order valence-corrected chi connectivity index (χ0v) is 9.82. The highest BCUT2D eigenvalue weighted by Crippen LogP contribution is 2.21. The van der Waals surface area contributed by atoms with E-state index in [1.165, 1.54) is 6.08 Å². The molecule has 1 rings (SSSR count). The summed E-state index contributed by atoms with van der Waals surface area (Å²) < 4.78 is 9.95. The van der Waals surface area contributed by atoms with Crippen LogP contribution in [0.25, 0.3) is 0 Å². The third-order valence-corrected chi connectivity index (χ3v) is 2.52. The van der Waals surface area contributed by atoms with Gasteiger partial charge in [0.25, 0.3) is 0 Å². The Morgan fingerprint density at radius 1 is 1.31 bits per heavy atom. The zero-order valence-electron chi connectivity index (χ0n) is 9.82. The highest BCUT2D eigenvalue weighted by Gasteiger charge is 2.18. The van der Waals surface area contributed by atoms with Crippen LogP contribution in [-0.2, 0) is 19.1 Å². The minimum atomic E-state index is -0.467. The molecule has 0 amide bonds. The topological polar surface area (TPSA) is 52.6 Å². The van der Waals surface area contributed by atoms with Gasteiger partial charge < -0.3 is 9.47 Å². The second-order valence-electron chi connectivity index (χ2n) is 3.89. The Morgan fingerprint density at radius 3 is 2.50 bits per heavy atom. The Labute approximate surface area is 95.6 Å². The predicted octanol–water partition coefficient (Wildman–Crippen LogP) is 1.98. The molecule has 0 radical (unpaired) electrons. The Hall–Kier alpha value is -1.32. The van der Waals surface area contributed by atoms with Crippen LogP contribution in [0.5, 0.6) is 0 Å². The average molecular weight is 226 g/mol. The first-order chi connectivity index (χ1) is 7.63. The summed E-state index contributed by atoms with van der Waals surface area (Å²) in [6, 6.07) is 0. The van der Waals surface area contributed by atoms with E-state index < -0.39 is 11.9 Å². The molecule has 1 fully saturated rings. The van der Waals surface area contributed by atoms with Crippen molar-refractivity contribution in [2.24, 2.45) is 0 Å². The molecule has 4 nitrogen and oxygen atoms in total. The summed E-state index contributed by atoms with van der Waals surface area (Å²) in [7, 11) is 0. The SMILES string of the molecule is CCOC(=O)/C(C)=C\C(=O)OC1CCCC1. The molecular weight excluding hydrogens is 208 g/mol. The molecular formula is C12H18O4. The monoisotopic (exact) mass is 226 g/mol. The number of ether oxygens (including phenoxy) is 2. The van der Waals surface area contributed by atoms with Gasteiger partial charge in [0.1, 0.15) is 6.10 Å². The van der Waals surface area contributed by atoms with Crippen LogP contribution in [0.3, 0.4) is 0 Å². The molecule has 16 heavy (non-hydrogen) atoms. The van der Waals surface area contributed by atoms with Gasteiger partial charge in [-0.25, -0.2) is 9.59 Å².